The van der Waals surface area contributed by atoms with E-state index in [1.54, 1.807) is 18.3 Å². The number of thiophene rings is 1. The molecule has 26 heavy (non-hydrogen) atoms. The van der Waals surface area contributed by atoms with Gasteiger partial charge in [-0.25, -0.2) is 8.42 Å². The molecule has 1 aliphatic rings. The van der Waals surface area contributed by atoms with Gasteiger partial charge in [0.15, 0.2) is 0 Å². The van der Waals surface area contributed by atoms with E-state index in [4.69, 9.17) is 0 Å². The second kappa shape index (κ2) is 7.73. The molecule has 0 saturated carbocycles. The summed E-state index contributed by atoms with van der Waals surface area (Å²) in [6, 6.07) is 5.96. The van der Waals surface area contributed by atoms with Crippen LogP contribution in [0.1, 0.15) is 10.4 Å². The number of nitro benzene ring substituents is 1. The molecule has 2 aromatic rings. The lowest BCUT2D eigenvalue weighted by molar-refractivity contribution is -0.385. The standard InChI is InChI=1S/C16H18BrN3O4S2/c1-12-2-3-13(20(21)22)10-16(12)26(23,24)19-7-5-18(6-8-19)11-15-14(17)4-9-25-15/h2-4,9-10H,5-8,11H2,1H3. The van der Waals surface area contributed by atoms with E-state index >= 15 is 0 Å². The fraction of sp³-hybridized carbons (Fsp3) is 0.375. The Labute approximate surface area is 164 Å². The molecule has 1 aromatic carbocycles. The number of nitrogens with zero attached hydrogens (tertiary/aromatic N) is 3. The van der Waals surface area contributed by atoms with Crippen molar-refractivity contribution in [2.75, 3.05) is 26.2 Å². The first-order valence-corrected chi connectivity index (χ1v) is 11.1. The third-order valence-electron chi connectivity index (χ3n) is 4.39. The molecule has 10 heteroatoms. The van der Waals surface area contributed by atoms with E-state index in [-0.39, 0.29) is 10.6 Å². The lowest BCUT2D eigenvalue weighted by atomic mass is 10.2. The number of aryl methyl sites for hydroxylation is 1. The van der Waals surface area contributed by atoms with Crippen LogP contribution in [0.3, 0.4) is 0 Å². The smallest absolute Gasteiger partial charge is 0.270 e. The number of sulfonamides is 1. The van der Waals surface area contributed by atoms with E-state index in [2.05, 4.69) is 20.8 Å². The van der Waals surface area contributed by atoms with Crippen LogP contribution in [-0.4, -0.2) is 48.7 Å². The quantitative estimate of drug-likeness (QED) is 0.506. The summed E-state index contributed by atoms with van der Waals surface area (Å²) in [6.45, 7) is 4.42. The van der Waals surface area contributed by atoms with Gasteiger partial charge in [-0.15, -0.1) is 11.3 Å². The van der Waals surface area contributed by atoms with Gasteiger partial charge in [0.2, 0.25) is 10.0 Å². The molecular formula is C16H18BrN3O4S2. The molecule has 0 unspecified atom stereocenters. The molecule has 1 saturated heterocycles. The monoisotopic (exact) mass is 459 g/mol. The van der Waals surface area contributed by atoms with Gasteiger partial charge in [-0.3, -0.25) is 15.0 Å². The predicted octanol–water partition coefficient (Wildman–Crippen LogP) is 3.23. The van der Waals surface area contributed by atoms with Crippen molar-refractivity contribution in [1.29, 1.82) is 0 Å². The number of halogens is 1. The number of hydrogen-bond donors (Lipinski definition) is 0. The summed E-state index contributed by atoms with van der Waals surface area (Å²) >= 11 is 5.18. The van der Waals surface area contributed by atoms with Crippen LogP contribution in [0.15, 0.2) is 39.0 Å². The highest BCUT2D eigenvalue weighted by molar-refractivity contribution is 9.10. The van der Waals surface area contributed by atoms with E-state index in [0.29, 0.717) is 31.7 Å². The number of non-ortho nitro benzene ring substituents is 1. The van der Waals surface area contributed by atoms with Crippen LogP contribution in [0.2, 0.25) is 0 Å². The Bertz CT molecular complexity index is 921. The fourth-order valence-electron chi connectivity index (χ4n) is 2.89. The summed E-state index contributed by atoms with van der Waals surface area (Å²) in [5, 5.41) is 13.0. The van der Waals surface area contributed by atoms with Gasteiger partial charge in [0.05, 0.1) is 9.82 Å². The highest BCUT2D eigenvalue weighted by atomic mass is 79.9. The number of rotatable bonds is 5. The Morgan fingerprint density at radius 2 is 1.92 bits per heavy atom. The van der Waals surface area contributed by atoms with Gasteiger partial charge in [-0.05, 0) is 39.9 Å². The minimum absolute atomic E-state index is 0.0150. The number of nitro groups is 1. The molecule has 0 bridgehead atoms. The zero-order chi connectivity index (χ0) is 18.9. The van der Waals surface area contributed by atoms with Crippen LogP contribution in [0.25, 0.3) is 0 Å². The average molecular weight is 460 g/mol. The normalized spacial score (nSPS) is 16.7. The molecule has 2 heterocycles. The molecule has 140 valence electrons. The molecular weight excluding hydrogens is 442 g/mol. The Kier molecular flexibility index (Phi) is 5.78. The fourth-order valence-corrected chi connectivity index (χ4v) is 6.07. The molecule has 0 aliphatic carbocycles. The Morgan fingerprint density at radius 3 is 2.50 bits per heavy atom. The Balaban J connectivity index is 1.73. The van der Waals surface area contributed by atoms with E-state index in [9.17, 15) is 18.5 Å². The predicted molar refractivity (Wildman–Crippen MR) is 104 cm³/mol. The van der Waals surface area contributed by atoms with E-state index in [1.165, 1.54) is 21.3 Å². The molecule has 1 fully saturated rings. The van der Waals surface area contributed by atoms with Crippen LogP contribution in [-0.2, 0) is 16.6 Å². The minimum Gasteiger partial charge on any atom is -0.296 e. The summed E-state index contributed by atoms with van der Waals surface area (Å²) in [6.07, 6.45) is 0. The largest absolute Gasteiger partial charge is 0.296 e. The van der Waals surface area contributed by atoms with E-state index < -0.39 is 14.9 Å². The van der Waals surface area contributed by atoms with Crippen LogP contribution in [0.5, 0.6) is 0 Å². The lowest BCUT2D eigenvalue weighted by Gasteiger charge is -2.34. The van der Waals surface area contributed by atoms with Gasteiger partial charge in [0, 0.05) is 54.2 Å². The van der Waals surface area contributed by atoms with Gasteiger partial charge in [-0.2, -0.15) is 4.31 Å². The maximum absolute atomic E-state index is 12.9. The second-order valence-corrected chi connectivity index (χ2v) is 9.84. The SMILES string of the molecule is Cc1ccc([N+](=O)[O-])cc1S(=O)(=O)N1CCN(Cc2sccc2Br)CC1. The first kappa shape index (κ1) is 19.4. The van der Waals surface area contributed by atoms with Crippen LogP contribution in [0.4, 0.5) is 5.69 Å². The molecule has 1 aromatic heterocycles. The van der Waals surface area contributed by atoms with Gasteiger partial charge >= 0.3 is 0 Å². The lowest BCUT2D eigenvalue weighted by Crippen LogP contribution is -2.48. The van der Waals surface area contributed by atoms with Gasteiger partial charge < -0.3 is 0 Å². The Morgan fingerprint density at radius 1 is 1.23 bits per heavy atom. The van der Waals surface area contributed by atoms with Crippen molar-refractivity contribution in [3.8, 4) is 0 Å². The summed E-state index contributed by atoms with van der Waals surface area (Å²) in [5.41, 5.74) is 0.302. The van der Waals surface area contributed by atoms with E-state index in [1.807, 2.05) is 11.4 Å². The zero-order valence-corrected chi connectivity index (χ0v) is 17.3. The third kappa shape index (κ3) is 3.99. The number of benzene rings is 1. The molecule has 0 amide bonds. The van der Waals surface area contributed by atoms with Crippen molar-refractivity contribution < 1.29 is 13.3 Å². The minimum atomic E-state index is -3.75. The summed E-state index contributed by atoms with van der Waals surface area (Å²) < 4.78 is 28.4. The highest BCUT2D eigenvalue weighted by Crippen LogP contribution is 2.27. The summed E-state index contributed by atoms with van der Waals surface area (Å²) in [4.78, 5) is 13.8. The molecule has 1 aliphatic heterocycles. The van der Waals surface area contributed by atoms with Crippen LogP contribution < -0.4 is 0 Å². The first-order chi connectivity index (χ1) is 12.3. The molecule has 0 spiro atoms. The van der Waals surface area contributed by atoms with E-state index in [0.717, 1.165) is 17.1 Å². The van der Waals surface area contributed by atoms with Crippen molar-refractivity contribution >= 4 is 43.0 Å². The average Bonchev–Trinajstić information content (AvgIpc) is 3.00. The van der Waals surface area contributed by atoms with Gasteiger partial charge in [0.1, 0.15) is 0 Å². The van der Waals surface area contributed by atoms with Crippen molar-refractivity contribution in [3.63, 3.8) is 0 Å². The van der Waals surface area contributed by atoms with Crippen LogP contribution in [0, 0.1) is 17.0 Å². The number of hydrogen-bond acceptors (Lipinski definition) is 6. The Hall–Kier alpha value is -1.33. The molecule has 0 N–H and O–H groups in total. The maximum atomic E-state index is 12.9. The molecule has 7 nitrogen and oxygen atoms in total. The zero-order valence-electron chi connectivity index (χ0n) is 14.1. The summed E-state index contributed by atoms with van der Waals surface area (Å²) in [7, 11) is -3.75. The number of piperazine rings is 1. The second-order valence-electron chi connectivity index (χ2n) is 6.08. The molecule has 0 radical (unpaired) electrons. The first-order valence-electron chi connectivity index (χ1n) is 7.98. The molecule has 3 rings (SSSR count). The highest BCUT2D eigenvalue weighted by Gasteiger charge is 2.31. The van der Waals surface area contributed by atoms with Crippen LogP contribution >= 0.6 is 27.3 Å². The topological polar surface area (TPSA) is 83.8 Å². The van der Waals surface area contributed by atoms with Gasteiger partial charge in [0.25, 0.3) is 5.69 Å². The third-order valence-corrected chi connectivity index (χ3v) is 8.34. The molecule has 0 atom stereocenters. The van der Waals surface area contributed by atoms with Crippen molar-refractivity contribution in [2.24, 2.45) is 0 Å². The maximum Gasteiger partial charge on any atom is 0.270 e. The van der Waals surface area contributed by atoms with Crippen molar-refractivity contribution in [3.05, 3.63) is 54.7 Å². The van der Waals surface area contributed by atoms with Crippen molar-refractivity contribution in [1.82, 2.24) is 9.21 Å². The summed E-state index contributed by atoms with van der Waals surface area (Å²) in [5.74, 6) is 0. The van der Waals surface area contributed by atoms with Crippen molar-refractivity contribution in [2.45, 2.75) is 18.4 Å². The van der Waals surface area contributed by atoms with Gasteiger partial charge in [-0.1, -0.05) is 6.07 Å².